The topological polar surface area (TPSA) is 110 Å². The summed E-state index contributed by atoms with van der Waals surface area (Å²) in [6, 6.07) is 10.7. The first kappa shape index (κ1) is 19.8. The number of ketones is 1. The number of ether oxygens (including phenoxy) is 2. The van der Waals surface area contributed by atoms with Crippen molar-refractivity contribution in [1.29, 1.82) is 0 Å². The summed E-state index contributed by atoms with van der Waals surface area (Å²) < 4.78 is 11.8. The highest BCUT2D eigenvalue weighted by molar-refractivity contribution is 9.10. The first-order valence-electron chi connectivity index (χ1n) is 8.68. The van der Waals surface area contributed by atoms with Gasteiger partial charge in [0.05, 0.1) is 18.8 Å². The second-order valence-electron chi connectivity index (χ2n) is 5.99. The van der Waals surface area contributed by atoms with Crippen molar-refractivity contribution in [2.75, 3.05) is 13.2 Å². The van der Waals surface area contributed by atoms with Gasteiger partial charge in [-0.15, -0.1) is 10.2 Å². The number of nitrogens with zero attached hydrogens (tertiary/aromatic N) is 3. The van der Waals surface area contributed by atoms with Crippen LogP contribution in [0.3, 0.4) is 0 Å². The molecule has 0 radical (unpaired) electrons. The molecule has 3 aromatic rings. The van der Waals surface area contributed by atoms with Crippen molar-refractivity contribution in [3.05, 3.63) is 46.4 Å². The number of aromatic nitrogens is 4. The molecule has 3 rings (SSSR count). The van der Waals surface area contributed by atoms with Crippen LogP contribution in [0.1, 0.15) is 30.1 Å². The second kappa shape index (κ2) is 9.32. The number of halogens is 1. The van der Waals surface area contributed by atoms with Gasteiger partial charge in [-0.25, -0.2) is 0 Å². The molecule has 0 unspecified atom stereocenters. The highest BCUT2D eigenvalue weighted by Gasteiger charge is 2.14. The average molecular weight is 447 g/mol. The highest BCUT2D eigenvalue weighted by Crippen LogP contribution is 2.36. The predicted octanol–water partition coefficient (Wildman–Crippen LogP) is 3.78. The monoisotopic (exact) mass is 446 g/mol. The Labute approximate surface area is 170 Å². The van der Waals surface area contributed by atoms with Gasteiger partial charge in [-0.2, -0.15) is 5.21 Å². The number of phenols is 1. The molecule has 0 bridgehead atoms. The van der Waals surface area contributed by atoms with Crippen molar-refractivity contribution in [2.24, 2.45) is 0 Å². The van der Waals surface area contributed by atoms with Gasteiger partial charge in [0.2, 0.25) is 5.82 Å². The fourth-order valence-corrected chi connectivity index (χ4v) is 2.96. The summed E-state index contributed by atoms with van der Waals surface area (Å²) >= 11 is 3.27. The Morgan fingerprint density at radius 2 is 1.82 bits per heavy atom. The number of hydrogen-bond acceptors (Lipinski definition) is 7. The number of hydrogen-bond donors (Lipinski definition) is 2. The molecule has 1 aromatic heterocycles. The maximum absolute atomic E-state index is 11.4. The van der Waals surface area contributed by atoms with Crippen molar-refractivity contribution in [3.63, 3.8) is 0 Å². The lowest BCUT2D eigenvalue weighted by molar-refractivity contribution is 0.101. The van der Waals surface area contributed by atoms with Crippen LogP contribution < -0.4 is 9.47 Å². The van der Waals surface area contributed by atoms with Crippen molar-refractivity contribution in [1.82, 2.24) is 20.6 Å². The molecule has 2 aromatic carbocycles. The molecule has 0 aliphatic heterocycles. The van der Waals surface area contributed by atoms with Gasteiger partial charge in [0.25, 0.3) is 0 Å². The van der Waals surface area contributed by atoms with E-state index in [2.05, 4.69) is 36.6 Å². The van der Waals surface area contributed by atoms with E-state index in [0.717, 1.165) is 24.2 Å². The van der Waals surface area contributed by atoms with E-state index >= 15 is 0 Å². The summed E-state index contributed by atoms with van der Waals surface area (Å²) in [6.07, 6.45) is 1.59. The summed E-state index contributed by atoms with van der Waals surface area (Å²) in [5.41, 5.74) is 1.12. The Balaban J connectivity index is 1.40. The van der Waals surface area contributed by atoms with Crippen molar-refractivity contribution in [2.45, 2.75) is 19.8 Å². The predicted molar refractivity (Wildman–Crippen MR) is 106 cm³/mol. The molecule has 0 amide bonds. The van der Waals surface area contributed by atoms with Gasteiger partial charge in [0, 0.05) is 5.56 Å². The summed E-state index contributed by atoms with van der Waals surface area (Å²) in [5, 5.41) is 23.8. The van der Waals surface area contributed by atoms with E-state index in [4.69, 9.17) is 9.47 Å². The first-order chi connectivity index (χ1) is 13.6. The maximum Gasteiger partial charge on any atom is 0.204 e. The van der Waals surface area contributed by atoms with E-state index in [1.54, 1.807) is 12.1 Å². The standard InChI is InChI=1S/C19H19BrN4O4/c1-12(25)15-8-9-16(17(20)18(15)26)28-11-3-2-10-27-14-6-4-13(5-7-14)19-21-23-24-22-19/h4-9,26H,2-3,10-11H2,1H3,(H,21,22,23,24). The Kier molecular flexibility index (Phi) is 6.59. The molecule has 0 saturated heterocycles. The smallest absolute Gasteiger partial charge is 0.204 e. The number of carbonyl (C=O) groups is 1. The molecule has 0 spiro atoms. The van der Waals surface area contributed by atoms with Gasteiger partial charge in [-0.1, -0.05) is 0 Å². The van der Waals surface area contributed by atoms with Crippen LogP contribution in [-0.4, -0.2) is 44.7 Å². The van der Waals surface area contributed by atoms with E-state index in [1.165, 1.54) is 6.92 Å². The third-order valence-electron chi connectivity index (χ3n) is 3.98. The van der Waals surface area contributed by atoms with Gasteiger partial charge in [-0.05, 0) is 77.3 Å². The number of Topliss-reactive ketones (excluding diaryl/α,β-unsaturated/α-hetero) is 1. The van der Waals surface area contributed by atoms with Crippen LogP contribution in [0.4, 0.5) is 0 Å². The quantitative estimate of drug-likeness (QED) is 0.380. The highest BCUT2D eigenvalue weighted by atomic mass is 79.9. The van der Waals surface area contributed by atoms with Crippen molar-refractivity contribution in [3.8, 4) is 28.6 Å². The molecular weight excluding hydrogens is 428 g/mol. The van der Waals surface area contributed by atoms with E-state index < -0.39 is 0 Å². The van der Waals surface area contributed by atoms with Gasteiger partial charge in [0.1, 0.15) is 21.7 Å². The average Bonchev–Trinajstić information content (AvgIpc) is 3.22. The minimum absolute atomic E-state index is 0.0994. The van der Waals surface area contributed by atoms with Crippen LogP contribution in [0.25, 0.3) is 11.4 Å². The van der Waals surface area contributed by atoms with Crippen LogP contribution >= 0.6 is 15.9 Å². The fraction of sp³-hybridized carbons (Fsp3) is 0.263. The van der Waals surface area contributed by atoms with Crippen LogP contribution in [0.15, 0.2) is 40.9 Å². The van der Waals surface area contributed by atoms with E-state index in [9.17, 15) is 9.90 Å². The van der Waals surface area contributed by atoms with E-state index in [0.29, 0.717) is 29.3 Å². The number of unbranched alkanes of at least 4 members (excludes halogenated alkanes) is 1. The van der Waals surface area contributed by atoms with Crippen LogP contribution in [0, 0.1) is 0 Å². The normalized spacial score (nSPS) is 10.6. The fourth-order valence-electron chi connectivity index (χ4n) is 2.50. The number of tetrazole rings is 1. The Hall–Kier alpha value is -2.94. The zero-order valence-corrected chi connectivity index (χ0v) is 16.8. The van der Waals surface area contributed by atoms with E-state index in [1.807, 2.05) is 24.3 Å². The molecule has 8 nitrogen and oxygen atoms in total. The number of benzene rings is 2. The lowest BCUT2D eigenvalue weighted by Gasteiger charge is -2.11. The summed E-state index contributed by atoms with van der Waals surface area (Å²) in [6.45, 7) is 2.43. The molecule has 0 atom stereocenters. The third-order valence-corrected chi connectivity index (χ3v) is 4.75. The van der Waals surface area contributed by atoms with Gasteiger partial charge in [0.15, 0.2) is 5.78 Å². The Morgan fingerprint density at radius 1 is 1.11 bits per heavy atom. The molecule has 0 aliphatic carbocycles. The lowest BCUT2D eigenvalue weighted by atomic mass is 10.1. The second-order valence-corrected chi connectivity index (χ2v) is 6.79. The molecule has 1 heterocycles. The molecule has 146 valence electrons. The van der Waals surface area contributed by atoms with E-state index in [-0.39, 0.29) is 17.1 Å². The molecule has 0 saturated carbocycles. The summed E-state index contributed by atoms with van der Waals surface area (Å²) in [5.74, 6) is 1.50. The molecular formula is C19H19BrN4O4. The maximum atomic E-state index is 11.4. The number of carbonyl (C=O) groups excluding carboxylic acids is 1. The van der Waals surface area contributed by atoms with Crippen LogP contribution in [0.2, 0.25) is 0 Å². The van der Waals surface area contributed by atoms with Gasteiger partial charge < -0.3 is 14.6 Å². The van der Waals surface area contributed by atoms with Crippen LogP contribution in [0.5, 0.6) is 17.2 Å². The van der Waals surface area contributed by atoms with Gasteiger partial charge >= 0.3 is 0 Å². The van der Waals surface area contributed by atoms with Gasteiger partial charge in [-0.3, -0.25) is 4.79 Å². The Morgan fingerprint density at radius 3 is 2.46 bits per heavy atom. The summed E-state index contributed by atoms with van der Waals surface area (Å²) in [7, 11) is 0. The minimum atomic E-state index is -0.202. The number of aromatic hydroxyl groups is 1. The Bertz CT molecular complexity index is 930. The molecule has 28 heavy (non-hydrogen) atoms. The third kappa shape index (κ3) is 4.86. The molecule has 0 fully saturated rings. The van der Waals surface area contributed by atoms with Crippen molar-refractivity contribution < 1.29 is 19.4 Å². The summed E-state index contributed by atoms with van der Waals surface area (Å²) in [4.78, 5) is 11.4. The number of aromatic amines is 1. The first-order valence-corrected chi connectivity index (χ1v) is 9.47. The largest absolute Gasteiger partial charge is 0.506 e. The number of rotatable bonds is 9. The number of H-pyrrole nitrogens is 1. The van der Waals surface area contributed by atoms with Crippen molar-refractivity contribution >= 4 is 21.7 Å². The number of nitrogens with one attached hydrogen (secondary N) is 1. The molecule has 2 N–H and O–H groups in total. The zero-order valence-electron chi connectivity index (χ0n) is 15.2. The van der Waals surface area contributed by atoms with Crippen LogP contribution in [-0.2, 0) is 0 Å². The molecule has 0 aliphatic rings. The zero-order chi connectivity index (χ0) is 19.9. The SMILES string of the molecule is CC(=O)c1ccc(OCCCCOc2ccc(-c3nn[nH]n3)cc2)c(Br)c1O. The number of phenolic OH excluding ortho intramolecular Hbond substituents is 1. The minimum Gasteiger partial charge on any atom is -0.506 e. The lowest BCUT2D eigenvalue weighted by Crippen LogP contribution is -2.03. The molecule has 9 heteroatoms.